The van der Waals surface area contributed by atoms with E-state index in [4.69, 9.17) is 5.73 Å². The predicted molar refractivity (Wildman–Crippen MR) is 103 cm³/mol. The Morgan fingerprint density at radius 3 is 2.28 bits per heavy atom. The van der Waals surface area contributed by atoms with E-state index in [9.17, 15) is 9.18 Å². The molecule has 0 saturated heterocycles. The van der Waals surface area contributed by atoms with Crippen LogP contribution in [0.3, 0.4) is 0 Å². The summed E-state index contributed by atoms with van der Waals surface area (Å²) in [6.45, 7) is 2.23. The van der Waals surface area contributed by atoms with Gasteiger partial charge in [0.1, 0.15) is 11.4 Å². The van der Waals surface area contributed by atoms with Gasteiger partial charge in [-0.25, -0.2) is 4.39 Å². The van der Waals surface area contributed by atoms with Crippen molar-refractivity contribution in [1.82, 2.24) is 5.32 Å². The van der Waals surface area contributed by atoms with Gasteiger partial charge in [0.2, 0.25) is 5.91 Å². The van der Waals surface area contributed by atoms with E-state index in [1.807, 2.05) is 24.3 Å². The fourth-order valence-corrected chi connectivity index (χ4v) is 3.15. The highest BCUT2D eigenvalue weighted by Gasteiger charge is 2.45. The Labute approximate surface area is 161 Å². The second kappa shape index (κ2) is 7.44. The monoisotopic (exact) mass is 426 g/mol. The number of carbonyl (C=O) groups is 1. The molecule has 3 nitrogen and oxygen atoms in total. The molecule has 0 aliphatic heterocycles. The second-order valence-electron chi connectivity index (χ2n) is 6.68. The average Bonchev–Trinajstić information content (AvgIpc) is 3.35. The number of rotatable bonds is 5. The van der Waals surface area contributed by atoms with Crippen LogP contribution < -0.4 is 11.1 Å². The molecule has 0 spiro atoms. The van der Waals surface area contributed by atoms with E-state index in [1.165, 1.54) is 12.1 Å². The molecule has 1 unspecified atom stereocenters. The largest absolute Gasteiger partial charge is 0.353 e. The first-order valence-electron chi connectivity index (χ1n) is 7.93. The van der Waals surface area contributed by atoms with Crippen LogP contribution in [0.1, 0.15) is 30.9 Å². The molecular weight excluding hydrogens is 407 g/mol. The number of hydrogen-bond acceptors (Lipinski definition) is 2. The van der Waals surface area contributed by atoms with Crippen LogP contribution >= 0.6 is 28.3 Å². The molecule has 1 aliphatic rings. The number of benzene rings is 2. The third-order valence-electron chi connectivity index (χ3n) is 4.81. The number of halogens is 3. The molecule has 1 fully saturated rings. The van der Waals surface area contributed by atoms with Crippen molar-refractivity contribution in [2.45, 2.75) is 30.7 Å². The molecular formula is C19H21BrClFN2O. The van der Waals surface area contributed by atoms with Gasteiger partial charge in [0.05, 0.1) is 0 Å². The summed E-state index contributed by atoms with van der Waals surface area (Å²) < 4.78 is 14.0. The molecule has 2 aromatic rings. The minimum Gasteiger partial charge on any atom is -0.353 e. The van der Waals surface area contributed by atoms with E-state index in [2.05, 4.69) is 21.2 Å². The summed E-state index contributed by atoms with van der Waals surface area (Å²) in [5.74, 6) is -0.457. The van der Waals surface area contributed by atoms with Gasteiger partial charge in [0.25, 0.3) is 0 Å². The van der Waals surface area contributed by atoms with E-state index in [-0.39, 0.29) is 29.5 Å². The summed E-state index contributed by atoms with van der Waals surface area (Å²) in [4.78, 5) is 12.6. The highest BCUT2D eigenvalue weighted by atomic mass is 79.9. The molecule has 0 heterocycles. The number of amides is 1. The van der Waals surface area contributed by atoms with Crippen LogP contribution in [0, 0.1) is 5.82 Å². The molecule has 2 aromatic carbocycles. The van der Waals surface area contributed by atoms with Crippen molar-refractivity contribution in [2.75, 3.05) is 6.54 Å². The van der Waals surface area contributed by atoms with Gasteiger partial charge in [-0.3, -0.25) is 4.79 Å². The Hall–Kier alpha value is -1.43. The minimum atomic E-state index is -1.10. The van der Waals surface area contributed by atoms with Crippen molar-refractivity contribution in [1.29, 1.82) is 0 Å². The van der Waals surface area contributed by atoms with Gasteiger partial charge in [0.15, 0.2) is 0 Å². The third-order valence-corrected chi connectivity index (χ3v) is 5.34. The highest BCUT2D eigenvalue weighted by molar-refractivity contribution is 9.10. The van der Waals surface area contributed by atoms with Gasteiger partial charge in [-0.1, -0.05) is 40.2 Å². The Morgan fingerprint density at radius 2 is 1.76 bits per heavy atom. The fraction of sp³-hybridized carbons (Fsp3) is 0.316. The lowest BCUT2D eigenvalue weighted by Crippen LogP contribution is -2.50. The van der Waals surface area contributed by atoms with Crippen molar-refractivity contribution in [3.63, 3.8) is 0 Å². The van der Waals surface area contributed by atoms with Crippen molar-refractivity contribution in [3.8, 4) is 0 Å². The summed E-state index contributed by atoms with van der Waals surface area (Å²) in [5, 5.41) is 2.98. The minimum absolute atomic E-state index is 0. The van der Waals surface area contributed by atoms with Crippen molar-refractivity contribution in [3.05, 3.63) is 69.9 Å². The maximum absolute atomic E-state index is 13.1. The van der Waals surface area contributed by atoms with E-state index in [1.54, 1.807) is 19.1 Å². The molecule has 1 aliphatic carbocycles. The summed E-state index contributed by atoms with van der Waals surface area (Å²) in [6, 6.07) is 13.9. The fourth-order valence-electron chi connectivity index (χ4n) is 2.88. The van der Waals surface area contributed by atoms with Gasteiger partial charge >= 0.3 is 0 Å². The first-order chi connectivity index (χ1) is 11.3. The smallest absolute Gasteiger partial charge is 0.244 e. The van der Waals surface area contributed by atoms with Crippen LogP contribution in [0.15, 0.2) is 53.0 Å². The standard InChI is InChI=1S/C19H20BrFN2O.ClH/c1-18(22,13-2-6-15(20)7-3-13)17(24)23-12-19(10-11-19)14-4-8-16(21)9-5-14;/h2-9H,10-12,22H2,1H3,(H,23,24);1H. The van der Waals surface area contributed by atoms with Crippen LogP contribution in [-0.2, 0) is 15.7 Å². The normalized spacial score (nSPS) is 17.1. The van der Waals surface area contributed by atoms with Gasteiger partial charge in [-0.2, -0.15) is 0 Å². The number of nitrogens with one attached hydrogen (secondary N) is 1. The van der Waals surface area contributed by atoms with Gasteiger partial charge in [-0.15, -0.1) is 12.4 Å². The Bertz CT molecular complexity index is 743. The molecule has 6 heteroatoms. The lowest BCUT2D eigenvalue weighted by molar-refractivity contribution is -0.126. The van der Waals surface area contributed by atoms with E-state index >= 15 is 0 Å². The molecule has 1 saturated carbocycles. The number of nitrogens with two attached hydrogens (primary N) is 1. The SMILES string of the molecule is CC(N)(C(=O)NCC1(c2ccc(F)cc2)CC1)c1ccc(Br)cc1.Cl. The van der Waals surface area contributed by atoms with Crippen LogP contribution in [0.5, 0.6) is 0 Å². The summed E-state index contributed by atoms with van der Waals surface area (Å²) in [5.41, 5.74) is 6.90. The topological polar surface area (TPSA) is 55.1 Å². The van der Waals surface area contributed by atoms with Crippen LogP contribution in [0.2, 0.25) is 0 Å². The molecule has 1 amide bonds. The van der Waals surface area contributed by atoms with Gasteiger partial charge < -0.3 is 11.1 Å². The second-order valence-corrected chi connectivity index (χ2v) is 7.59. The zero-order valence-corrected chi connectivity index (χ0v) is 16.3. The molecule has 0 radical (unpaired) electrons. The molecule has 134 valence electrons. The number of hydrogen-bond donors (Lipinski definition) is 2. The van der Waals surface area contributed by atoms with E-state index in [0.29, 0.717) is 6.54 Å². The number of carbonyl (C=O) groups excluding carboxylic acids is 1. The Morgan fingerprint density at radius 1 is 1.20 bits per heavy atom. The highest BCUT2D eigenvalue weighted by Crippen LogP contribution is 2.47. The summed E-state index contributed by atoms with van der Waals surface area (Å²) >= 11 is 3.38. The van der Waals surface area contributed by atoms with Crippen LogP contribution in [0.25, 0.3) is 0 Å². The molecule has 25 heavy (non-hydrogen) atoms. The zero-order valence-electron chi connectivity index (χ0n) is 13.9. The maximum atomic E-state index is 13.1. The van der Waals surface area contributed by atoms with E-state index < -0.39 is 5.54 Å². The first kappa shape index (κ1) is 19.9. The van der Waals surface area contributed by atoms with Crippen molar-refractivity contribution >= 4 is 34.2 Å². The lowest BCUT2D eigenvalue weighted by Gasteiger charge is -2.26. The third kappa shape index (κ3) is 4.22. The molecule has 0 aromatic heterocycles. The summed E-state index contributed by atoms with van der Waals surface area (Å²) in [7, 11) is 0. The van der Waals surface area contributed by atoms with E-state index in [0.717, 1.165) is 28.4 Å². The molecule has 0 bridgehead atoms. The molecule has 1 atom stereocenters. The van der Waals surface area contributed by atoms with Crippen LogP contribution in [-0.4, -0.2) is 12.5 Å². The Kier molecular flexibility index (Phi) is 5.92. The van der Waals surface area contributed by atoms with Crippen molar-refractivity contribution < 1.29 is 9.18 Å². The molecule has 3 rings (SSSR count). The average molecular weight is 428 g/mol. The first-order valence-corrected chi connectivity index (χ1v) is 8.72. The summed E-state index contributed by atoms with van der Waals surface area (Å²) in [6.07, 6.45) is 1.97. The Balaban J connectivity index is 0.00000225. The molecule has 3 N–H and O–H groups in total. The van der Waals surface area contributed by atoms with Crippen LogP contribution in [0.4, 0.5) is 4.39 Å². The zero-order chi connectivity index (χ0) is 17.4. The maximum Gasteiger partial charge on any atom is 0.244 e. The van der Waals surface area contributed by atoms with Gasteiger partial charge in [0, 0.05) is 16.4 Å². The predicted octanol–water partition coefficient (Wildman–Crippen LogP) is 4.03. The van der Waals surface area contributed by atoms with Gasteiger partial charge in [-0.05, 0) is 55.2 Å². The van der Waals surface area contributed by atoms with Crippen molar-refractivity contribution in [2.24, 2.45) is 5.73 Å². The quantitative estimate of drug-likeness (QED) is 0.757. The lowest BCUT2D eigenvalue weighted by atomic mass is 9.91.